The van der Waals surface area contributed by atoms with Gasteiger partial charge >= 0.3 is 0 Å². The van der Waals surface area contributed by atoms with Crippen LogP contribution in [0.25, 0.3) is 0 Å². The summed E-state index contributed by atoms with van der Waals surface area (Å²) in [5.41, 5.74) is 1.34. The van der Waals surface area contributed by atoms with Crippen molar-refractivity contribution < 1.29 is 4.39 Å². The molecule has 1 saturated carbocycles. The molecule has 2 nitrogen and oxygen atoms in total. The van der Waals surface area contributed by atoms with E-state index >= 15 is 0 Å². The standard InChI is InChI=1S/C16H22ClFN2/c17-15-10-14(18)5-4-13(15)11-20-9-3-8-19-16(12-20)6-1-2-7-16/h4-5,10,19H,1-3,6-9,11-12H2. The van der Waals surface area contributed by atoms with E-state index < -0.39 is 0 Å². The largest absolute Gasteiger partial charge is 0.310 e. The predicted molar refractivity (Wildman–Crippen MR) is 80.5 cm³/mol. The first kappa shape index (κ1) is 14.3. The molecule has 1 aliphatic heterocycles. The fourth-order valence-corrected chi connectivity index (χ4v) is 3.86. The first-order valence-corrected chi connectivity index (χ1v) is 7.96. The van der Waals surface area contributed by atoms with Gasteiger partial charge in [-0.3, -0.25) is 4.90 Å². The quantitative estimate of drug-likeness (QED) is 0.897. The molecule has 1 heterocycles. The molecule has 3 rings (SSSR count). The van der Waals surface area contributed by atoms with Crippen molar-refractivity contribution in [3.05, 3.63) is 34.6 Å². The third-order valence-electron chi connectivity index (χ3n) is 4.65. The van der Waals surface area contributed by atoms with Gasteiger partial charge in [-0.25, -0.2) is 4.39 Å². The van der Waals surface area contributed by atoms with Crippen LogP contribution in [0.1, 0.15) is 37.7 Å². The average Bonchev–Trinajstić information content (AvgIpc) is 2.76. The Morgan fingerprint density at radius 2 is 2.05 bits per heavy atom. The van der Waals surface area contributed by atoms with Crippen LogP contribution >= 0.6 is 11.6 Å². The van der Waals surface area contributed by atoms with Crippen molar-refractivity contribution in [2.45, 2.75) is 44.2 Å². The van der Waals surface area contributed by atoms with Crippen molar-refractivity contribution in [1.82, 2.24) is 10.2 Å². The summed E-state index contributed by atoms with van der Waals surface area (Å²) >= 11 is 6.16. The molecule has 1 saturated heterocycles. The first-order valence-electron chi connectivity index (χ1n) is 7.58. The van der Waals surface area contributed by atoms with Crippen LogP contribution in [0.5, 0.6) is 0 Å². The van der Waals surface area contributed by atoms with Crippen LogP contribution in [-0.4, -0.2) is 30.1 Å². The number of rotatable bonds is 2. The molecule has 110 valence electrons. The van der Waals surface area contributed by atoms with Gasteiger partial charge in [0.15, 0.2) is 0 Å². The monoisotopic (exact) mass is 296 g/mol. The average molecular weight is 297 g/mol. The molecule has 0 unspecified atom stereocenters. The Morgan fingerprint density at radius 3 is 2.80 bits per heavy atom. The summed E-state index contributed by atoms with van der Waals surface area (Å²) < 4.78 is 13.1. The van der Waals surface area contributed by atoms with Gasteiger partial charge < -0.3 is 5.32 Å². The van der Waals surface area contributed by atoms with E-state index in [2.05, 4.69) is 10.2 Å². The summed E-state index contributed by atoms with van der Waals surface area (Å²) in [7, 11) is 0. The summed E-state index contributed by atoms with van der Waals surface area (Å²) in [5, 5.41) is 4.31. The lowest BCUT2D eigenvalue weighted by molar-refractivity contribution is 0.203. The number of hydrogen-bond donors (Lipinski definition) is 1. The van der Waals surface area contributed by atoms with Gasteiger partial charge in [-0.2, -0.15) is 0 Å². The molecule has 1 aromatic carbocycles. The van der Waals surface area contributed by atoms with Crippen molar-refractivity contribution in [2.24, 2.45) is 0 Å². The summed E-state index contributed by atoms with van der Waals surface area (Å²) in [6.45, 7) is 4.10. The summed E-state index contributed by atoms with van der Waals surface area (Å²) in [5.74, 6) is -0.261. The smallest absolute Gasteiger partial charge is 0.124 e. The van der Waals surface area contributed by atoms with Crippen molar-refractivity contribution in [3.8, 4) is 0 Å². The van der Waals surface area contributed by atoms with Gasteiger partial charge in [0.2, 0.25) is 0 Å². The van der Waals surface area contributed by atoms with Gasteiger partial charge in [-0.15, -0.1) is 0 Å². The molecule has 4 heteroatoms. The SMILES string of the molecule is Fc1ccc(CN2CCCNC3(CCCC3)C2)c(Cl)c1. The van der Waals surface area contributed by atoms with Crippen LogP contribution in [0, 0.1) is 5.82 Å². The van der Waals surface area contributed by atoms with E-state index in [0.717, 1.165) is 31.7 Å². The summed E-state index contributed by atoms with van der Waals surface area (Å²) in [4.78, 5) is 2.48. The topological polar surface area (TPSA) is 15.3 Å². The predicted octanol–water partition coefficient (Wildman–Crippen LogP) is 3.59. The molecule has 0 amide bonds. The number of nitrogens with one attached hydrogen (secondary N) is 1. The van der Waals surface area contributed by atoms with Crippen LogP contribution < -0.4 is 5.32 Å². The number of nitrogens with zero attached hydrogens (tertiary/aromatic N) is 1. The van der Waals surface area contributed by atoms with E-state index in [1.54, 1.807) is 0 Å². The third kappa shape index (κ3) is 3.16. The van der Waals surface area contributed by atoms with E-state index in [9.17, 15) is 4.39 Å². The molecule has 2 fully saturated rings. The first-order chi connectivity index (χ1) is 9.67. The van der Waals surface area contributed by atoms with Gasteiger partial charge in [-0.1, -0.05) is 30.5 Å². The molecule has 1 aromatic rings. The van der Waals surface area contributed by atoms with Crippen molar-refractivity contribution in [2.75, 3.05) is 19.6 Å². The molecular weight excluding hydrogens is 275 g/mol. The second-order valence-corrected chi connectivity index (χ2v) is 6.62. The van der Waals surface area contributed by atoms with Gasteiger partial charge in [0, 0.05) is 23.7 Å². The highest BCUT2D eigenvalue weighted by molar-refractivity contribution is 6.31. The highest BCUT2D eigenvalue weighted by Crippen LogP contribution is 2.32. The Bertz CT molecular complexity index is 472. The van der Waals surface area contributed by atoms with Gasteiger partial charge in [0.25, 0.3) is 0 Å². The zero-order valence-electron chi connectivity index (χ0n) is 11.8. The molecule has 1 spiro atoms. The molecule has 20 heavy (non-hydrogen) atoms. The molecule has 0 aromatic heterocycles. The lowest BCUT2D eigenvalue weighted by Crippen LogP contribution is -2.49. The summed E-state index contributed by atoms with van der Waals surface area (Å²) in [6, 6.07) is 4.73. The number of halogens is 2. The maximum Gasteiger partial charge on any atom is 0.124 e. The minimum absolute atomic E-state index is 0.261. The Hall–Kier alpha value is -0.640. The van der Waals surface area contributed by atoms with Crippen LogP contribution in [-0.2, 0) is 6.54 Å². The fraction of sp³-hybridized carbons (Fsp3) is 0.625. The van der Waals surface area contributed by atoms with Crippen LogP contribution in [0.15, 0.2) is 18.2 Å². The Morgan fingerprint density at radius 1 is 1.25 bits per heavy atom. The second-order valence-electron chi connectivity index (χ2n) is 6.21. The fourth-order valence-electron chi connectivity index (χ4n) is 3.63. The van der Waals surface area contributed by atoms with Crippen LogP contribution in [0.4, 0.5) is 4.39 Å². The Kier molecular flexibility index (Phi) is 4.29. The Balaban J connectivity index is 1.72. The van der Waals surface area contributed by atoms with E-state index in [0.29, 0.717) is 10.6 Å². The zero-order chi connectivity index (χ0) is 14.0. The molecule has 0 bridgehead atoms. The van der Waals surface area contributed by atoms with Gasteiger partial charge in [0.05, 0.1) is 0 Å². The lowest BCUT2D eigenvalue weighted by atomic mass is 9.97. The van der Waals surface area contributed by atoms with Crippen molar-refractivity contribution in [3.63, 3.8) is 0 Å². The normalized spacial score (nSPS) is 23.1. The molecule has 2 aliphatic rings. The number of hydrogen-bond acceptors (Lipinski definition) is 2. The van der Waals surface area contributed by atoms with Crippen LogP contribution in [0.3, 0.4) is 0 Å². The highest BCUT2D eigenvalue weighted by Gasteiger charge is 2.36. The molecule has 0 radical (unpaired) electrons. The molecule has 1 N–H and O–H groups in total. The molecular formula is C16H22ClFN2. The molecule has 1 aliphatic carbocycles. The van der Waals surface area contributed by atoms with Crippen LogP contribution in [0.2, 0.25) is 5.02 Å². The summed E-state index contributed by atoms with van der Waals surface area (Å²) in [6.07, 6.45) is 6.39. The van der Waals surface area contributed by atoms with Gasteiger partial charge in [0.1, 0.15) is 5.82 Å². The maximum atomic E-state index is 13.1. The second kappa shape index (κ2) is 6.00. The van der Waals surface area contributed by atoms with Gasteiger partial charge in [-0.05, 0) is 50.0 Å². The minimum atomic E-state index is -0.261. The van der Waals surface area contributed by atoms with E-state index in [1.165, 1.54) is 44.2 Å². The minimum Gasteiger partial charge on any atom is -0.310 e. The van der Waals surface area contributed by atoms with E-state index in [4.69, 9.17) is 11.6 Å². The molecule has 0 atom stereocenters. The number of benzene rings is 1. The van der Waals surface area contributed by atoms with E-state index in [-0.39, 0.29) is 5.82 Å². The third-order valence-corrected chi connectivity index (χ3v) is 5.00. The zero-order valence-corrected chi connectivity index (χ0v) is 12.6. The maximum absolute atomic E-state index is 13.1. The van der Waals surface area contributed by atoms with E-state index in [1.807, 2.05) is 6.07 Å². The van der Waals surface area contributed by atoms with Crippen molar-refractivity contribution in [1.29, 1.82) is 0 Å². The van der Waals surface area contributed by atoms with Crippen molar-refractivity contribution >= 4 is 11.6 Å². The lowest BCUT2D eigenvalue weighted by Gasteiger charge is -2.33. The Labute approximate surface area is 125 Å². The highest BCUT2D eigenvalue weighted by atomic mass is 35.5.